The fraction of sp³-hybridized carbons (Fsp3) is 0.467. The van der Waals surface area contributed by atoms with E-state index in [1.54, 1.807) is 0 Å². The highest BCUT2D eigenvalue weighted by Crippen LogP contribution is 2.45. The molecule has 1 amide bonds. The number of cyclic esters (lactones) is 1. The number of alkyl halides is 3. The largest absolute Gasteiger partial charge is 0.497 e. The quantitative estimate of drug-likeness (QED) is 0.630. The van der Waals surface area contributed by atoms with Gasteiger partial charge in [-0.05, 0) is 26.0 Å². The number of methoxy groups -OCH3 is 1. The van der Waals surface area contributed by atoms with Gasteiger partial charge in [0.25, 0.3) is 0 Å². The Balaban J connectivity index is 2.55. The van der Waals surface area contributed by atoms with E-state index in [9.17, 15) is 22.8 Å². The van der Waals surface area contributed by atoms with Crippen molar-refractivity contribution in [2.24, 2.45) is 0 Å². The molecule has 23 heavy (non-hydrogen) atoms. The van der Waals surface area contributed by atoms with Crippen LogP contribution in [0, 0.1) is 0 Å². The predicted octanol–water partition coefficient (Wildman–Crippen LogP) is 2.25. The van der Waals surface area contributed by atoms with Gasteiger partial charge in [0.2, 0.25) is 5.60 Å². The van der Waals surface area contributed by atoms with E-state index in [4.69, 9.17) is 4.74 Å². The molecule has 0 N–H and O–H groups in total. The molecule has 0 bridgehead atoms. The second-order valence-electron chi connectivity index (χ2n) is 5.47. The van der Waals surface area contributed by atoms with E-state index in [0.29, 0.717) is 5.75 Å². The third-order valence-electron chi connectivity index (χ3n) is 3.73. The number of esters is 1. The van der Waals surface area contributed by atoms with Crippen molar-refractivity contribution in [3.05, 3.63) is 29.8 Å². The second kappa shape index (κ2) is 5.75. The lowest BCUT2D eigenvalue weighted by molar-refractivity contribution is -0.287. The van der Waals surface area contributed by atoms with Crippen LogP contribution < -0.4 is 4.74 Å². The Labute approximate surface area is 131 Å². The summed E-state index contributed by atoms with van der Waals surface area (Å²) in [6, 6.07) is 4.46. The number of halogens is 3. The first-order chi connectivity index (χ1) is 10.6. The van der Waals surface area contributed by atoms with Crippen molar-refractivity contribution in [3.8, 4) is 5.75 Å². The van der Waals surface area contributed by atoms with E-state index < -0.39 is 36.2 Å². The minimum atomic E-state index is -4.88. The summed E-state index contributed by atoms with van der Waals surface area (Å²) in [6.45, 7) is 2.28. The molecule has 1 unspecified atom stereocenters. The maximum atomic E-state index is 13.8. The topological polar surface area (TPSA) is 55.8 Å². The molecule has 1 saturated heterocycles. The van der Waals surface area contributed by atoms with Crippen LogP contribution in [0.3, 0.4) is 0 Å². The molecule has 1 aliphatic heterocycles. The highest BCUT2D eigenvalue weighted by Gasteiger charge is 2.64. The van der Waals surface area contributed by atoms with Crippen LogP contribution in [0.25, 0.3) is 0 Å². The summed E-state index contributed by atoms with van der Waals surface area (Å²) in [4.78, 5) is 24.4. The molecule has 1 atom stereocenters. The maximum absolute atomic E-state index is 13.8. The van der Waals surface area contributed by atoms with Gasteiger partial charge in [-0.3, -0.25) is 4.79 Å². The number of amides is 1. The molecule has 2 rings (SSSR count). The van der Waals surface area contributed by atoms with E-state index in [1.807, 2.05) is 0 Å². The molecule has 0 saturated carbocycles. The third-order valence-corrected chi connectivity index (χ3v) is 3.73. The Bertz CT molecular complexity index is 612. The van der Waals surface area contributed by atoms with Gasteiger partial charge in [-0.25, -0.2) is 4.79 Å². The average molecular weight is 331 g/mol. The number of morpholine rings is 1. The van der Waals surface area contributed by atoms with E-state index in [-0.39, 0.29) is 5.56 Å². The lowest BCUT2D eigenvalue weighted by Gasteiger charge is -2.43. The van der Waals surface area contributed by atoms with Crippen molar-refractivity contribution >= 4 is 11.9 Å². The van der Waals surface area contributed by atoms with E-state index in [2.05, 4.69) is 4.74 Å². The molecule has 0 aliphatic carbocycles. The number of ether oxygens (including phenoxy) is 2. The van der Waals surface area contributed by atoms with E-state index in [0.717, 1.165) is 4.90 Å². The number of carbonyl (C=O) groups excluding carboxylic acids is 2. The van der Waals surface area contributed by atoms with Gasteiger partial charge in [-0.2, -0.15) is 13.2 Å². The van der Waals surface area contributed by atoms with Gasteiger partial charge in [0.05, 0.1) is 13.7 Å². The zero-order valence-corrected chi connectivity index (χ0v) is 12.8. The summed E-state index contributed by atoms with van der Waals surface area (Å²) in [7, 11) is 1.38. The highest BCUT2D eigenvalue weighted by molar-refractivity contribution is 6.33. The van der Waals surface area contributed by atoms with Crippen LogP contribution in [0.4, 0.5) is 13.2 Å². The summed E-state index contributed by atoms with van der Waals surface area (Å²) in [5.41, 5.74) is -3.16. The Morgan fingerprint density at radius 2 is 1.78 bits per heavy atom. The van der Waals surface area contributed by atoms with E-state index in [1.165, 1.54) is 45.2 Å². The minimum absolute atomic E-state index is 0.266. The van der Waals surface area contributed by atoms with Crippen LogP contribution in [0.2, 0.25) is 0 Å². The zero-order valence-electron chi connectivity index (χ0n) is 12.8. The van der Waals surface area contributed by atoms with Crippen LogP contribution in [-0.2, 0) is 19.9 Å². The zero-order chi connectivity index (χ0) is 17.4. The average Bonchev–Trinajstić information content (AvgIpc) is 2.48. The second-order valence-corrected chi connectivity index (χ2v) is 5.47. The SMILES string of the molecule is COc1ccc(C2(C(F)(F)F)CN(C(C)C)C(=O)C(=O)O2)cc1. The first-order valence-corrected chi connectivity index (χ1v) is 6.87. The third kappa shape index (κ3) is 2.85. The highest BCUT2D eigenvalue weighted by atomic mass is 19.4. The number of benzene rings is 1. The Hall–Kier alpha value is -2.25. The molecule has 1 aliphatic rings. The summed E-state index contributed by atoms with van der Waals surface area (Å²) >= 11 is 0. The molecule has 126 valence electrons. The number of carbonyl (C=O) groups is 2. The van der Waals surface area contributed by atoms with Gasteiger partial charge in [-0.15, -0.1) is 0 Å². The standard InChI is InChI=1S/C15H16F3NO4/c1-9(2)19-8-14(15(16,17)18,23-13(21)12(19)20)10-4-6-11(22-3)7-5-10/h4-7,9H,8H2,1-3H3. The van der Waals surface area contributed by atoms with Gasteiger partial charge in [0, 0.05) is 11.6 Å². The number of hydrogen-bond donors (Lipinski definition) is 0. The molecular formula is C15H16F3NO4. The Morgan fingerprint density at radius 1 is 1.22 bits per heavy atom. The summed E-state index contributed by atoms with van der Waals surface area (Å²) < 4.78 is 50.8. The van der Waals surface area contributed by atoms with Gasteiger partial charge >= 0.3 is 18.1 Å². The predicted molar refractivity (Wildman–Crippen MR) is 73.7 cm³/mol. The lowest BCUT2D eigenvalue weighted by Crippen LogP contribution is -2.62. The van der Waals surface area contributed by atoms with Crippen molar-refractivity contribution in [2.45, 2.75) is 31.7 Å². The summed E-state index contributed by atoms with van der Waals surface area (Å²) in [5.74, 6) is -2.23. The van der Waals surface area contributed by atoms with Crippen molar-refractivity contribution in [3.63, 3.8) is 0 Å². The maximum Gasteiger partial charge on any atom is 0.434 e. The summed E-state index contributed by atoms with van der Waals surface area (Å²) in [5, 5.41) is 0. The molecule has 5 nitrogen and oxygen atoms in total. The van der Waals surface area contributed by atoms with Gasteiger partial charge in [-0.1, -0.05) is 12.1 Å². The van der Waals surface area contributed by atoms with Crippen LogP contribution in [-0.4, -0.2) is 42.6 Å². The molecule has 0 radical (unpaired) electrons. The van der Waals surface area contributed by atoms with Crippen LogP contribution in [0.5, 0.6) is 5.75 Å². The molecule has 1 fully saturated rings. The fourth-order valence-corrected chi connectivity index (χ4v) is 2.40. The van der Waals surface area contributed by atoms with Crippen molar-refractivity contribution in [2.75, 3.05) is 13.7 Å². The lowest BCUT2D eigenvalue weighted by atomic mass is 9.90. The van der Waals surface area contributed by atoms with Gasteiger partial charge in [0.1, 0.15) is 5.75 Å². The molecule has 8 heteroatoms. The monoisotopic (exact) mass is 331 g/mol. The fourth-order valence-electron chi connectivity index (χ4n) is 2.40. The summed E-state index contributed by atoms with van der Waals surface area (Å²) in [6.07, 6.45) is -4.88. The van der Waals surface area contributed by atoms with Crippen molar-refractivity contribution < 1.29 is 32.2 Å². The van der Waals surface area contributed by atoms with Crippen LogP contribution in [0.1, 0.15) is 19.4 Å². The molecule has 1 aromatic rings. The number of hydrogen-bond acceptors (Lipinski definition) is 4. The molecule has 0 aromatic heterocycles. The molecular weight excluding hydrogens is 315 g/mol. The molecule has 1 aromatic carbocycles. The molecule has 1 heterocycles. The molecule has 0 spiro atoms. The van der Waals surface area contributed by atoms with Gasteiger partial charge in [0.15, 0.2) is 0 Å². The first-order valence-electron chi connectivity index (χ1n) is 6.87. The smallest absolute Gasteiger partial charge is 0.434 e. The Kier molecular flexibility index (Phi) is 4.28. The normalized spacial score (nSPS) is 22.3. The first kappa shape index (κ1) is 17.1. The van der Waals surface area contributed by atoms with Gasteiger partial charge < -0.3 is 14.4 Å². The minimum Gasteiger partial charge on any atom is -0.497 e. The van der Waals surface area contributed by atoms with Crippen LogP contribution >= 0.6 is 0 Å². The number of rotatable bonds is 3. The van der Waals surface area contributed by atoms with Crippen molar-refractivity contribution in [1.82, 2.24) is 4.90 Å². The Morgan fingerprint density at radius 3 is 2.22 bits per heavy atom. The number of nitrogens with zero attached hydrogens (tertiary/aromatic N) is 1. The van der Waals surface area contributed by atoms with Crippen molar-refractivity contribution in [1.29, 1.82) is 0 Å². The van der Waals surface area contributed by atoms with Crippen LogP contribution in [0.15, 0.2) is 24.3 Å². The van der Waals surface area contributed by atoms with E-state index >= 15 is 0 Å².